The van der Waals surface area contributed by atoms with Crippen molar-refractivity contribution < 1.29 is 19.1 Å². The highest BCUT2D eigenvalue weighted by Crippen LogP contribution is 2.25. The number of benzene rings is 1. The molecule has 0 radical (unpaired) electrons. The number of methoxy groups -OCH3 is 1. The Bertz CT molecular complexity index is 508. The fourth-order valence-corrected chi connectivity index (χ4v) is 2.01. The van der Waals surface area contributed by atoms with Crippen molar-refractivity contribution in [2.24, 2.45) is 5.73 Å². The van der Waals surface area contributed by atoms with E-state index in [1.165, 1.54) is 7.11 Å². The van der Waals surface area contributed by atoms with Crippen LogP contribution in [0.2, 0.25) is 5.02 Å². The van der Waals surface area contributed by atoms with Gasteiger partial charge in [0.15, 0.2) is 0 Å². The average molecular weight is 315 g/mol. The lowest BCUT2D eigenvalue weighted by Crippen LogP contribution is -2.47. The number of carbonyl (C=O) groups excluding carboxylic acids is 2. The third-order valence-corrected chi connectivity index (χ3v) is 3.07. The van der Waals surface area contributed by atoms with Gasteiger partial charge in [0.25, 0.3) is 0 Å². The van der Waals surface area contributed by atoms with Gasteiger partial charge in [-0.25, -0.2) is 0 Å². The second-order valence-corrected chi connectivity index (χ2v) is 4.74. The number of primary amides is 1. The van der Waals surface area contributed by atoms with Crippen LogP contribution in [0.3, 0.4) is 0 Å². The molecule has 1 rings (SSSR count). The highest BCUT2D eigenvalue weighted by molar-refractivity contribution is 6.32. The molecule has 1 aromatic rings. The van der Waals surface area contributed by atoms with Crippen LogP contribution in [-0.2, 0) is 20.7 Å². The van der Waals surface area contributed by atoms with Gasteiger partial charge in [0.05, 0.1) is 12.1 Å². The minimum absolute atomic E-state index is 0.107. The molecule has 1 atom stereocenters. The topological polar surface area (TPSA) is 90.7 Å². The van der Waals surface area contributed by atoms with Gasteiger partial charge in [0.1, 0.15) is 18.4 Å². The third-order valence-electron chi connectivity index (χ3n) is 2.77. The summed E-state index contributed by atoms with van der Waals surface area (Å²) < 4.78 is 10.0. The minimum Gasteiger partial charge on any atom is -0.495 e. The highest BCUT2D eigenvalue weighted by Gasteiger charge is 2.19. The number of nitrogens with two attached hydrogens (primary N) is 1. The standard InChI is InChI=1S/C14H19ClN2O4/c1-3-21-8-13(18)17-11(14(16)19)7-9-4-5-12(20-2)10(15)6-9/h4-6,11H,3,7-8H2,1-2H3,(H2,16,19)(H,17,18)/t11-/m1/s1. The Morgan fingerprint density at radius 1 is 1.43 bits per heavy atom. The van der Waals surface area contributed by atoms with E-state index in [4.69, 9.17) is 26.8 Å². The molecule has 0 bridgehead atoms. The normalized spacial score (nSPS) is 11.8. The molecule has 0 aliphatic rings. The van der Waals surface area contributed by atoms with E-state index in [0.717, 1.165) is 5.56 Å². The van der Waals surface area contributed by atoms with Crippen LogP contribution >= 0.6 is 11.6 Å². The molecule has 1 aromatic carbocycles. The number of nitrogens with one attached hydrogen (secondary N) is 1. The van der Waals surface area contributed by atoms with Crippen molar-refractivity contribution in [2.75, 3.05) is 20.3 Å². The van der Waals surface area contributed by atoms with E-state index in [0.29, 0.717) is 17.4 Å². The smallest absolute Gasteiger partial charge is 0.246 e. The maximum atomic E-state index is 11.6. The molecule has 0 unspecified atom stereocenters. The summed E-state index contributed by atoms with van der Waals surface area (Å²) in [5, 5.41) is 2.96. The summed E-state index contributed by atoms with van der Waals surface area (Å²) in [7, 11) is 1.51. The Balaban J connectivity index is 2.72. The average Bonchev–Trinajstić information content (AvgIpc) is 2.44. The van der Waals surface area contributed by atoms with Crippen LogP contribution in [0.15, 0.2) is 18.2 Å². The van der Waals surface area contributed by atoms with Gasteiger partial charge < -0.3 is 20.5 Å². The first kappa shape index (κ1) is 17.3. The van der Waals surface area contributed by atoms with Gasteiger partial charge in [-0.1, -0.05) is 17.7 Å². The molecule has 6 nitrogen and oxygen atoms in total. The third kappa shape index (κ3) is 5.61. The Kier molecular flexibility index (Phi) is 6.98. The maximum Gasteiger partial charge on any atom is 0.246 e. The molecule has 0 saturated heterocycles. The van der Waals surface area contributed by atoms with Crippen LogP contribution in [0.5, 0.6) is 5.75 Å². The van der Waals surface area contributed by atoms with E-state index in [1.54, 1.807) is 25.1 Å². The number of hydrogen-bond donors (Lipinski definition) is 2. The number of carbonyl (C=O) groups is 2. The van der Waals surface area contributed by atoms with Crippen molar-refractivity contribution in [3.05, 3.63) is 28.8 Å². The van der Waals surface area contributed by atoms with Crippen LogP contribution < -0.4 is 15.8 Å². The maximum absolute atomic E-state index is 11.6. The van der Waals surface area contributed by atoms with Crippen LogP contribution in [0.25, 0.3) is 0 Å². The molecule has 3 N–H and O–H groups in total. The quantitative estimate of drug-likeness (QED) is 0.746. The number of halogens is 1. The fraction of sp³-hybridized carbons (Fsp3) is 0.429. The van der Waals surface area contributed by atoms with Gasteiger partial charge >= 0.3 is 0 Å². The first-order valence-corrected chi connectivity index (χ1v) is 6.84. The zero-order valence-corrected chi connectivity index (χ0v) is 12.8. The lowest BCUT2D eigenvalue weighted by atomic mass is 10.1. The van der Waals surface area contributed by atoms with Crippen molar-refractivity contribution in [1.29, 1.82) is 0 Å². The predicted octanol–water partition coefficient (Wildman–Crippen LogP) is 0.898. The van der Waals surface area contributed by atoms with Crippen molar-refractivity contribution in [1.82, 2.24) is 5.32 Å². The minimum atomic E-state index is -0.817. The van der Waals surface area contributed by atoms with Crippen LogP contribution in [0.1, 0.15) is 12.5 Å². The van der Waals surface area contributed by atoms with Crippen molar-refractivity contribution in [3.8, 4) is 5.75 Å². The summed E-state index contributed by atoms with van der Waals surface area (Å²) in [6.45, 7) is 2.09. The molecule has 0 saturated carbocycles. The molecule has 0 aliphatic carbocycles. The molecule has 0 aliphatic heterocycles. The lowest BCUT2D eigenvalue weighted by molar-refractivity contribution is -0.130. The van der Waals surface area contributed by atoms with Crippen LogP contribution in [0, 0.1) is 0 Å². The lowest BCUT2D eigenvalue weighted by Gasteiger charge is -2.16. The first-order valence-electron chi connectivity index (χ1n) is 6.46. The SMILES string of the molecule is CCOCC(=O)N[C@H](Cc1ccc(OC)c(Cl)c1)C(N)=O. The van der Waals surface area contributed by atoms with E-state index in [-0.39, 0.29) is 18.9 Å². The summed E-state index contributed by atoms with van der Waals surface area (Å²) in [6.07, 6.45) is 0.247. The second kappa shape index (κ2) is 8.49. The van der Waals surface area contributed by atoms with Crippen LogP contribution in [0.4, 0.5) is 0 Å². The summed E-state index contributed by atoms with van der Waals surface area (Å²) in [6, 6.07) is 4.31. The molecule has 0 spiro atoms. The fourth-order valence-electron chi connectivity index (χ4n) is 1.73. The van der Waals surface area contributed by atoms with Gasteiger partial charge in [-0.05, 0) is 24.6 Å². The predicted molar refractivity (Wildman–Crippen MR) is 79.3 cm³/mol. The Labute approximate surface area is 128 Å². The van der Waals surface area contributed by atoms with Crippen molar-refractivity contribution >= 4 is 23.4 Å². The zero-order chi connectivity index (χ0) is 15.8. The van der Waals surface area contributed by atoms with Gasteiger partial charge in [-0.2, -0.15) is 0 Å². The number of hydrogen-bond acceptors (Lipinski definition) is 4. The number of amides is 2. The number of ether oxygens (including phenoxy) is 2. The van der Waals surface area contributed by atoms with Gasteiger partial charge in [0, 0.05) is 13.0 Å². The number of rotatable bonds is 8. The first-order chi connectivity index (χ1) is 9.97. The monoisotopic (exact) mass is 314 g/mol. The molecule has 0 fully saturated rings. The van der Waals surface area contributed by atoms with E-state index in [9.17, 15) is 9.59 Å². The molecule has 0 aromatic heterocycles. The summed E-state index contributed by atoms with van der Waals surface area (Å²) in [5.74, 6) is -0.469. The second-order valence-electron chi connectivity index (χ2n) is 4.33. The van der Waals surface area contributed by atoms with Crippen molar-refractivity contribution in [3.63, 3.8) is 0 Å². The van der Waals surface area contributed by atoms with E-state index in [1.807, 2.05) is 0 Å². The van der Waals surface area contributed by atoms with Gasteiger partial charge in [0.2, 0.25) is 11.8 Å². The Morgan fingerprint density at radius 3 is 2.67 bits per heavy atom. The summed E-state index contributed by atoms with van der Waals surface area (Å²) >= 11 is 6.02. The van der Waals surface area contributed by atoms with Crippen molar-refractivity contribution in [2.45, 2.75) is 19.4 Å². The Morgan fingerprint density at radius 2 is 2.14 bits per heavy atom. The van der Waals surface area contributed by atoms with E-state index < -0.39 is 11.9 Å². The molecule has 7 heteroatoms. The van der Waals surface area contributed by atoms with E-state index >= 15 is 0 Å². The molecular formula is C14H19ClN2O4. The molecular weight excluding hydrogens is 296 g/mol. The summed E-state index contributed by atoms with van der Waals surface area (Å²) in [4.78, 5) is 23.0. The zero-order valence-electron chi connectivity index (χ0n) is 12.0. The summed E-state index contributed by atoms with van der Waals surface area (Å²) in [5.41, 5.74) is 6.07. The van der Waals surface area contributed by atoms with Gasteiger partial charge in [-0.15, -0.1) is 0 Å². The molecule has 2 amide bonds. The largest absolute Gasteiger partial charge is 0.495 e. The van der Waals surface area contributed by atoms with Crippen LogP contribution in [-0.4, -0.2) is 38.2 Å². The highest BCUT2D eigenvalue weighted by atomic mass is 35.5. The Hall–Kier alpha value is -1.79. The van der Waals surface area contributed by atoms with E-state index in [2.05, 4.69) is 5.32 Å². The molecule has 0 heterocycles. The molecule has 21 heavy (non-hydrogen) atoms. The molecule has 116 valence electrons. The van der Waals surface area contributed by atoms with Gasteiger partial charge in [-0.3, -0.25) is 9.59 Å².